The zero-order chi connectivity index (χ0) is 15.6. The summed E-state index contributed by atoms with van der Waals surface area (Å²) in [6, 6.07) is 0. The average molecular weight is 319 g/mol. The molecule has 1 aliphatic heterocycles. The Hall–Kier alpha value is -2.06. The molecule has 1 aliphatic rings. The highest BCUT2D eigenvalue weighted by Gasteiger charge is 2.38. The Labute approximate surface area is 132 Å². The molecule has 3 rings (SSSR count). The topological polar surface area (TPSA) is 82.5 Å². The maximum absolute atomic E-state index is 12.2. The Morgan fingerprint density at radius 3 is 3.00 bits per heavy atom. The SMILES string of the molecule is CN(C[C@@]1(O)CCN(c2cnccn2)C1)C(=O)c1cncs1. The molecule has 116 valence electrons. The van der Waals surface area contributed by atoms with Crippen LogP contribution in [0, 0.1) is 0 Å². The van der Waals surface area contributed by atoms with Crippen LogP contribution in [0.4, 0.5) is 5.82 Å². The number of aromatic nitrogens is 3. The highest BCUT2D eigenvalue weighted by atomic mass is 32.1. The van der Waals surface area contributed by atoms with Crippen LogP contribution in [-0.4, -0.2) is 63.1 Å². The van der Waals surface area contributed by atoms with E-state index in [9.17, 15) is 9.90 Å². The largest absolute Gasteiger partial charge is 0.386 e. The monoisotopic (exact) mass is 319 g/mol. The predicted octanol–water partition coefficient (Wildman–Crippen LogP) is 0.646. The molecule has 22 heavy (non-hydrogen) atoms. The van der Waals surface area contributed by atoms with E-state index in [0.717, 1.165) is 5.82 Å². The van der Waals surface area contributed by atoms with Gasteiger partial charge in [-0.05, 0) is 6.42 Å². The van der Waals surface area contributed by atoms with Crippen molar-refractivity contribution in [1.82, 2.24) is 19.9 Å². The van der Waals surface area contributed by atoms with Crippen molar-refractivity contribution >= 4 is 23.1 Å². The van der Waals surface area contributed by atoms with E-state index in [-0.39, 0.29) is 12.5 Å². The minimum atomic E-state index is -0.938. The summed E-state index contributed by atoms with van der Waals surface area (Å²) in [4.78, 5) is 28.6. The molecular formula is C14H17N5O2S. The summed E-state index contributed by atoms with van der Waals surface area (Å²) in [6.45, 7) is 1.41. The Kier molecular flexibility index (Phi) is 4.04. The number of hydrogen-bond donors (Lipinski definition) is 1. The summed E-state index contributed by atoms with van der Waals surface area (Å²) < 4.78 is 0. The van der Waals surface area contributed by atoms with E-state index < -0.39 is 5.60 Å². The number of carbonyl (C=O) groups is 1. The van der Waals surface area contributed by atoms with Crippen LogP contribution >= 0.6 is 11.3 Å². The summed E-state index contributed by atoms with van der Waals surface area (Å²) in [5, 5.41) is 10.7. The Bertz CT molecular complexity index is 636. The lowest BCUT2D eigenvalue weighted by molar-refractivity contribution is 0.0266. The fraction of sp³-hybridized carbons (Fsp3) is 0.429. The molecule has 0 aliphatic carbocycles. The van der Waals surface area contributed by atoms with Gasteiger partial charge in [0.25, 0.3) is 5.91 Å². The van der Waals surface area contributed by atoms with Gasteiger partial charge in [-0.2, -0.15) is 0 Å². The summed E-state index contributed by atoms with van der Waals surface area (Å²) >= 11 is 1.30. The van der Waals surface area contributed by atoms with Gasteiger partial charge in [0.05, 0.1) is 24.4 Å². The molecule has 1 saturated heterocycles. The normalized spacial score (nSPS) is 21.1. The van der Waals surface area contributed by atoms with Crippen molar-refractivity contribution in [3.63, 3.8) is 0 Å². The zero-order valence-corrected chi connectivity index (χ0v) is 13.0. The van der Waals surface area contributed by atoms with Gasteiger partial charge in [0.1, 0.15) is 16.3 Å². The van der Waals surface area contributed by atoms with E-state index in [1.54, 1.807) is 42.2 Å². The molecule has 2 aromatic heterocycles. The van der Waals surface area contributed by atoms with Crippen molar-refractivity contribution in [2.45, 2.75) is 12.0 Å². The molecule has 0 bridgehead atoms. The zero-order valence-electron chi connectivity index (χ0n) is 12.2. The van der Waals surface area contributed by atoms with Crippen molar-refractivity contribution in [3.8, 4) is 0 Å². The molecule has 0 spiro atoms. The van der Waals surface area contributed by atoms with Gasteiger partial charge >= 0.3 is 0 Å². The second-order valence-electron chi connectivity index (χ2n) is 5.49. The molecule has 1 atom stereocenters. The molecule has 0 saturated carbocycles. The first-order valence-electron chi connectivity index (χ1n) is 6.95. The standard InChI is InChI=1S/C14H17N5O2S/c1-18(13(20)11-6-16-10-22-11)8-14(21)2-5-19(9-14)12-7-15-3-4-17-12/h3-4,6-7,10,21H,2,5,8-9H2,1H3/t14-/m0/s1. The summed E-state index contributed by atoms with van der Waals surface area (Å²) in [6.07, 6.45) is 7.06. The van der Waals surface area contributed by atoms with Gasteiger partial charge < -0.3 is 14.9 Å². The third-order valence-corrected chi connectivity index (χ3v) is 4.49. The van der Waals surface area contributed by atoms with Crippen LogP contribution < -0.4 is 4.90 Å². The lowest BCUT2D eigenvalue weighted by Gasteiger charge is -2.28. The number of hydrogen-bond acceptors (Lipinski definition) is 7. The molecular weight excluding hydrogens is 302 g/mol. The van der Waals surface area contributed by atoms with Crippen LogP contribution in [0.3, 0.4) is 0 Å². The van der Waals surface area contributed by atoms with Crippen molar-refractivity contribution in [2.75, 3.05) is 31.6 Å². The molecule has 8 heteroatoms. The fourth-order valence-corrected chi connectivity index (χ4v) is 3.27. The van der Waals surface area contributed by atoms with E-state index in [1.165, 1.54) is 11.3 Å². The third kappa shape index (κ3) is 3.07. The number of anilines is 1. The van der Waals surface area contributed by atoms with Gasteiger partial charge in [-0.25, -0.2) is 4.98 Å². The van der Waals surface area contributed by atoms with Gasteiger partial charge in [0.15, 0.2) is 0 Å². The third-order valence-electron chi connectivity index (χ3n) is 3.73. The molecule has 1 fully saturated rings. The van der Waals surface area contributed by atoms with Gasteiger partial charge in [0, 0.05) is 32.5 Å². The quantitative estimate of drug-likeness (QED) is 0.891. The lowest BCUT2D eigenvalue weighted by Crippen LogP contribution is -2.45. The fourth-order valence-electron chi connectivity index (χ4n) is 2.66. The van der Waals surface area contributed by atoms with Crippen LogP contribution in [0.5, 0.6) is 0 Å². The molecule has 2 aromatic rings. The van der Waals surface area contributed by atoms with Crippen LogP contribution in [0.2, 0.25) is 0 Å². The molecule has 3 heterocycles. The number of amides is 1. The summed E-state index contributed by atoms with van der Waals surface area (Å²) in [5.41, 5.74) is 0.688. The Balaban J connectivity index is 1.64. The number of aliphatic hydroxyl groups is 1. The van der Waals surface area contributed by atoms with Gasteiger partial charge in [0.2, 0.25) is 0 Å². The average Bonchev–Trinajstić information content (AvgIpc) is 3.17. The molecule has 1 amide bonds. The van der Waals surface area contributed by atoms with Gasteiger partial charge in [-0.1, -0.05) is 0 Å². The molecule has 7 nitrogen and oxygen atoms in total. The van der Waals surface area contributed by atoms with E-state index in [1.807, 2.05) is 4.90 Å². The van der Waals surface area contributed by atoms with E-state index in [2.05, 4.69) is 15.0 Å². The van der Waals surface area contributed by atoms with Crippen LogP contribution in [0.1, 0.15) is 16.1 Å². The number of thiazole rings is 1. The first kappa shape index (κ1) is 14.9. The van der Waals surface area contributed by atoms with Crippen molar-refractivity contribution in [2.24, 2.45) is 0 Å². The molecule has 0 aromatic carbocycles. The molecule has 1 N–H and O–H groups in total. The summed E-state index contributed by atoms with van der Waals surface area (Å²) in [5.74, 6) is 0.628. The molecule has 0 radical (unpaired) electrons. The second kappa shape index (κ2) is 5.98. The lowest BCUT2D eigenvalue weighted by atomic mass is 10.0. The van der Waals surface area contributed by atoms with Crippen LogP contribution in [0.25, 0.3) is 0 Å². The predicted molar refractivity (Wildman–Crippen MR) is 82.9 cm³/mol. The number of likely N-dealkylation sites (N-methyl/N-ethyl adjacent to an activating group) is 1. The number of β-amino-alcohol motifs (C(OH)–C–C–N with tert-alkyl or cyclic N) is 1. The number of nitrogens with zero attached hydrogens (tertiary/aromatic N) is 5. The maximum atomic E-state index is 12.2. The van der Waals surface area contributed by atoms with Gasteiger partial charge in [-0.15, -0.1) is 11.3 Å². The smallest absolute Gasteiger partial charge is 0.265 e. The van der Waals surface area contributed by atoms with E-state index in [0.29, 0.717) is 24.4 Å². The van der Waals surface area contributed by atoms with Crippen molar-refractivity contribution in [1.29, 1.82) is 0 Å². The van der Waals surface area contributed by atoms with E-state index in [4.69, 9.17) is 0 Å². The highest BCUT2D eigenvalue weighted by Crippen LogP contribution is 2.26. The molecule has 0 unspecified atom stereocenters. The minimum absolute atomic E-state index is 0.117. The minimum Gasteiger partial charge on any atom is -0.386 e. The van der Waals surface area contributed by atoms with Crippen LogP contribution in [0.15, 0.2) is 30.3 Å². The van der Waals surface area contributed by atoms with Crippen LogP contribution in [-0.2, 0) is 0 Å². The highest BCUT2D eigenvalue weighted by molar-refractivity contribution is 7.11. The van der Waals surface area contributed by atoms with Crippen molar-refractivity contribution in [3.05, 3.63) is 35.2 Å². The first-order valence-corrected chi connectivity index (χ1v) is 7.83. The Morgan fingerprint density at radius 2 is 2.32 bits per heavy atom. The maximum Gasteiger partial charge on any atom is 0.265 e. The Morgan fingerprint density at radius 1 is 1.45 bits per heavy atom. The second-order valence-corrected chi connectivity index (χ2v) is 6.37. The van der Waals surface area contributed by atoms with Crippen molar-refractivity contribution < 1.29 is 9.90 Å². The van der Waals surface area contributed by atoms with Gasteiger partial charge in [-0.3, -0.25) is 14.8 Å². The van der Waals surface area contributed by atoms with E-state index >= 15 is 0 Å². The number of rotatable bonds is 4. The summed E-state index contributed by atoms with van der Waals surface area (Å²) in [7, 11) is 1.70. The number of carbonyl (C=O) groups excluding carboxylic acids is 1. The first-order chi connectivity index (χ1) is 10.6.